The van der Waals surface area contributed by atoms with Crippen molar-refractivity contribution < 1.29 is 4.79 Å². The summed E-state index contributed by atoms with van der Waals surface area (Å²) >= 11 is 3.56. The van der Waals surface area contributed by atoms with Crippen LogP contribution in [0, 0.1) is 0 Å². The predicted octanol–water partition coefficient (Wildman–Crippen LogP) is 5.58. The lowest BCUT2D eigenvalue weighted by Crippen LogP contribution is -2.18. The fourth-order valence-corrected chi connectivity index (χ4v) is 3.37. The normalized spacial score (nSPS) is 19.0. The summed E-state index contributed by atoms with van der Waals surface area (Å²) < 4.78 is 1.05. The Labute approximate surface area is 133 Å². The number of ketones is 1. The number of Topliss-reactive ketones (excluding diaryl/α,β-unsaturated/α-hetero) is 1. The standard InChI is InChI=1S/C19H17BrO/c1-3-6-16-17(12(2)20)11-14-10-9-13-7-4-5-8-15(13)18(14)19(16)21/h4-10H,3,11H2,1-2H3/b16-6+,17-12+. The van der Waals surface area contributed by atoms with Crippen molar-refractivity contribution >= 4 is 32.5 Å². The van der Waals surface area contributed by atoms with Crippen LogP contribution in [0.1, 0.15) is 36.2 Å². The van der Waals surface area contributed by atoms with Crippen molar-refractivity contribution in [3.8, 4) is 0 Å². The molecule has 0 unspecified atom stereocenters. The number of benzene rings is 2. The molecule has 0 N–H and O–H groups in total. The topological polar surface area (TPSA) is 17.1 Å². The molecule has 1 aliphatic carbocycles. The van der Waals surface area contributed by atoms with Crippen LogP contribution in [0.3, 0.4) is 0 Å². The number of hydrogen-bond acceptors (Lipinski definition) is 1. The van der Waals surface area contributed by atoms with Gasteiger partial charge in [-0.15, -0.1) is 0 Å². The third-order valence-corrected chi connectivity index (χ3v) is 4.48. The Morgan fingerprint density at radius 1 is 1.24 bits per heavy atom. The van der Waals surface area contributed by atoms with Gasteiger partial charge in [0, 0.05) is 11.1 Å². The third-order valence-electron chi connectivity index (χ3n) is 4.00. The molecular formula is C19H17BrO. The minimum atomic E-state index is 0.156. The summed E-state index contributed by atoms with van der Waals surface area (Å²) in [4.78, 5) is 13.0. The molecule has 2 aromatic rings. The van der Waals surface area contributed by atoms with E-state index in [0.717, 1.165) is 50.4 Å². The number of hydrogen-bond donors (Lipinski definition) is 0. The zero-order valence-corrected chi connectivity index (χ0v) is 13.8. The Hall–Kier alpha value is -1.67. The molecule has 3 rings (SSSR count). The highest BCUT2D eigenvalue weighted by Crippen LogP contribution is 2.36. The average Bonchev–Trinajstić information content (AvgIpc) is 2.49. The van der Waals surface area contributed by atoms with E-state index in [-0.39, 0.29) is 5.78 Å². The van der Waals surface area contributed by atoms with Crippen LogP contribution in [0.2, 0.25) is 0 Å². The van der Waals surface area contributed by atoms with Gasteiger partial charge in [-0.2, -0.15) is 0 Å². The van der Waals surface area contributed by atoms with E-state index < -0.39 is 0 Å². The van der Waals surface area contributed by atoms with Crippen LogP contribution in [0.4, 0.5) is 0 Å². The van der Waals surface area contributed by atoms with E-state index in [9.17, 15) is 4.79 Å². The summed E-state index contributed by atoms with van der Waals surface area (Å²) in [5.74, 6) is 0.156. The van der Waals surface area contributed by atoms with Gasteiger partial charge in [0.15, 0.2) is 5.78 Å². The molecular weight excluding hydrogens is 324 g/mol. The summed E-state index contributed by atoms with van der Waals surface area (Å²) in [7, 11) is 0. The number of carbonyl (C=O) groups excluding carboxylic acids is 1. The van der Waals surface area contributed by atoms with E-state index in [4.69, 9.17) is 0 Å². The number of carbonyl (C=O) groups is 1. The zero-order valence-electron chi connectivity index (χ0n) is 12.2. The number of fused-ring (bicyclic) bond motifs is 3. The summed E-state index contributed by atoms with van der Waals surface area (Å²) in [6, 6.07) is 12.3. The number of rotatable bonds is 1. The van der Waals surface area contributed by atoms with Crippen LogP contribution in [0.25, 0.3) is 10.8 Å². The van der Waals surface area contributed by atoms with Crippen molar-refractivity contribution in [3.63, 3.8) is 0 Å². The van der Waals surface area contributed by atoms with Gasteiger partial charge in [-0.05, 0) is 46.2 Å². The predicted molar refractivity (Wildman–Crippen MR) is 92.0 cm³/mol. The molecule has 2 aromatic carbocycles. The quantitative estimate of drug-likeness (QED) is 0.619. The monoisotopic (exact) mass is 340 g/mol. The van der Waals surface area contributed by atoms with Gasteiger partial charge in [0.2, 0.25) is 0 Å². The minimum absolute atomic E-state index is 0.156. The maximum absolute atomic E-state index is 13.0. The maximum Gasteiger partial charge on any atom is 0.193 e. The molecule has 1 aliphatic rings. The Morgan fingerprint density at radius 3 is 2.71 bits per heavy atom. The van der Waals surface area contributed by atoms with E-state index in [1.165, 1.54) is 0 Å². The Bertz CT molecular complexity index is 792. The molecule has 106 valence electrons. The van der Waals surface area contributed by atoms with Gasteiger partial charge in [-0.25, -0.2) is 0 Å². The molecule has 0 radical (unpaired) electrons. The summed E-state index contributed by atoms with van der Waals surface area (Å²) in [5.41, 5.74) is 3.98. The van der Waals surface area contributed by atoms with Crippen LogP contribution in [-0.2, 0) is 6.42 Å². The van der Waals surface area contributed by atoms with Gasteiger partial charge in [0.25, 0.3) is 0 Å². The molecule has 0 spiro atoms. The second-order valence-electron chi connectivity index (χ2n) is 5.36. The van der Waals surface area contributed by atoms with Crippen molar-refractivity contribution in [1.29, 1.82) is 0 Å². The van der Waals surface area contributed by atoms with Crippen molar-refractivity contribution in [2.24, 2.45) is 0 Å². The van der Waals surface area contributed by atoms with Crippen LogP contribution >= 0.6 is 15.9 Å². The summed E-state index contributed by atoms with van der Waals surface area (Å²) in [6.45, 7) is 4.08. The van der Waals surface area contributed by atoms with Crippen molar-refractivity contribution in [1.82, 2.24) is 0 Å². The van der Waals surface area contributed by atoms with Crippen LogP contribution < -0.4 is 0 Å². The molecule has 2 heteroatoms. The van der Waals surface area contributed by atoms with Crippen molar-refractivity contribution in [3.05, 3.63) is 69.2 Å². The molecule has 0 aromatic heterocycles. The van der Waals surface area contributed by atoms with Crippen molar-refractivity contribution in [2.45, 2.75) is 26.7 Å². The fraction of sp³-hybridized carbons (Fsp3) is 0.211. The van der Waals surface area contributed by atoms with Crippen LogP contribution in [0.15, 0.2) is 58.1 Å². The molecule has 1 nitrogen and oxygen atoms in total. The van der Waals surface area contributed by atoms with Gasteiger partial charge in [0.05, 0.1) is 0 Å². The first kappa shape index (κ1) is 14.3. The second kappa shape index (κ2) is 5.61. The number of allylic oxidation sites excluding steroid dienone is 4. The zero-order chi connectivity index (χ0) is 15.0. The Balaban J connectivity index is 2.32. The molecule has 0 amide bonds. The highest BCUT2D eigenvalue weighted by atomic mass is 79.9. The fourth-order valence-electron chi connectivity index (χ4n) is 3.02. The first-order valence-corrected chi connectivity index (χ1v) is 8.04. The van der Waals surface area contributed by atoms with E-state index in [1.807, 2.05) is 31.2 Å². The first-order valence-electron chi connectivity index (χ1n) is 7.24. The number of halogens is 1. The van der Waals surface area contributed by atoms with Gasteiger partial charge in [-0.3, -0.25) is 4.79 Å². The van der Waals surface area contributed by atoms with Gasteiger partial charge in [-0.1, -0.05) is 65.3 Å². The second-order valence-corrected chi connectivity index (χ2v) is 6.55. The van der Waals surface area contributed by atoms with Crippen LogP contribution in [-0.4, -0.2) is 5.78 Å². The van der Waals surface area contributed by atoms with E-state index in [0.29, 0.717) is 0 Å². The SMILES string of the molecule is CC/C=C1/C(=O)c2c(ccc3ccccc23)C/C1=C(/C)Br. The average molecular weight is 341 g/mol. The maximum atomic E-state index is 13.0. The summed E-state index contributed by atoms with van der Waals surface area (Å²) in [5, 5.41) is 2.19. The lowest BCUT2D eigenvalue weighted by atomic mass is 9.80. The Kier molecular flexibility index (Phi) is 3.81. The lowest BCUT2D eigenvalue weighted by molar-refractivity contribution is 0.103. The summed E-state index contributed by atoms with van der Waals surface area (Å²) in [6.07, 6.45) is 3.73. The van der Waals surface area contributed by atoms with Crippen molar-refractivity contribution in [2.75, 3.05) is 0 Å². The Morgan fingerprint density at radius 2 is 2.00 bits per heavy atom. The highest BCUT2D eigenvalue weighted by molar-refractivity contribution is 9.11. The molecule has 0 bridgehead atoms. The first-order chi connectivity index (χ1) is 10.1. The van der Waals surface area contributed by atoms with Gasteiger partial charge < -0.3 is 0 Å². The molecule has 0 heterocycles. The van der Waals surface area contributed by atoms with Gasteiger partial charge >= 0.3 is 0 Å². The molecule has 0 saturated carbocycles. The molecule has 0 aliphatic heterocycles. The third kappa shape index (κ3) is 2.38. The van der Waals surface area contributed by atoms with E-state index in [1.54, 1.807) is 0 Å². The molecule has 21 heavy (non-hydrogen) atoms. The lowest BCUT2D eigenvalue weighted by Gasteiger charge is -2.23. The van der Waals surface area contributed by atoms with E-state index in [2.05, 4.69) is 41.1 Å². The smallest absolute Gasteiger partial charge is 0.193 e. The molecule has 0 atom stereocenters. The van der Waals surface area contributed by atoms with E-state index >= 15 is 0 Å². The highest BCUT2D eigenvalue weighted by Gasteiger charge is 2.28. The molecule has 0 saturated heterocycles. The molecule has 0 fully saturated rings. The largest absolute Gasteiger partial charge is 0.289 e. The van der Waals surface area contributed by atoms with Gasteiger partial charge in [0.1, 0.15) is 0 Å². The minimum Gasteiger partial charge on any atom is -0.289 e. The van der Waals surface area contributed by atoms with Crippen LogP contribution in [0.5, 0.6) is 0 Å².